The quantitative estimate of drug-likeness (QED) is 0.581. The molecule has 0 spiro atoms. The molecule has 4 saturated carbocycles. The van der Waals surface area contributed by atoms with Crippen molar-refractivity contribution in [1.82, 2.24) is 5.32 Å². The molecule has 2 aromatic carbocycles. The van der Waals surface area contributed by atoms with E-state index in [0.717, 1.165) is 47.6 Å². The molecule has 28 heavy (non-hydrogen) atoms. The lowest BCUT2D eigenvalue weighted by molar-refractivity contribution is -0.0142. The van der Waals surface area contributed by atoms with Crippen LogP contribution in [0.4, 0.5) is 0 Å². The van der Waals surface area contributed by atoms with Crippen molar-refractivity contribution in [3.05, 3.63) is 63.6 Å². The van der Waals surface area contributed by atoms with Gasteiger partial charge in [-0.1, -0.05) is 41.4 Å². The molecule has 0 unspecified atom stereocenters. The lowest BCUT2D eigenvalue weighted by atomic mass is 9.54. The van der Waals surface area contributed by atoms with Crippen LogP contribution in [0, 0.1) is 23.7 Å². The van der Waals surface area contributed by atoms with E-state index in [4.69, 9.17) is 27.9 Å². The van der Waals surface area contributed by atoms with Gasteiger partial charge in [-0.3, -0.25) is 0 Å². The molecule has 4 bridgehead atoms. The van der Waals surface area contributed by atoms with Crippen molar-refractivity contribution in [2.24, 2.45) is 23.7 Å². The molecular weight excluding hydrogens is 389 g/mol. The van der Waals surface area contributed by atoms with Gasteiger partial charge in [-0.2, -0.15) is 0 Å². The SMILES string of the molecule is Clc1cccc(Cl)c1COc1ccc(CNC2C3CC4CC(C3)CC2C4)cc1. The van der Waals surface area contributed by atoms with Crippen LogP contribution in [0.15, 0.2) is 42.5 Å². The normalized spacial score (nSPS) is 30.6. The molecule has 0 aliphatic heterocycles. The zero-order valence-electron chi connectivity index (χ0n) is 16.0. The maximum atomic E-state index is 6.22. The summed E-state index contributed by atoms with van der Waals surface area (Å²) in [6.45, 7) is 1.33. The van der Waals surface area contributed by atoms with E-state index < -0.39 is 0 Å². The molecule has 4 aliphatic rings. The molecule has 1 N–H and O–H groups in total. The Bertz CT molecular complexity index is 787. The summed E-state index contributed by atoms with van der Waals surface area (Å²) >= 11 is 12.4. The molecule has 0 aromatic heterocycles. The molecule has 0 heterocycles. The summed E-state index contributed by atoms with van der Waals surface area (Å²) in [5, 5.41) is 5.18. The first-order valence-corrected chi connectivity index (χ1v) is 11.3. The number of rotatable bonds is 6. The Morgan fingerprint density at radius 1 is 0.821 bits per heavy atom. The standard InChI is InChI=1S/C24H27Cl2NO/c25-22-2-1-3-23(26)21(22)14-28-20-6-4-15(5-7-20)13-27-24-18-9-16-8-17(11-18)12-19(24)10-16/h1-7,16-19,24,27H,8-14H2. The van der Waals surface area contributed by atoms with Crippen LogP contribution in [0.5, 0.6) is 5.75 Å². The van der Waals surface area contributed by atoms with Crippen LogP contribution in [-0.2, 0) is 13.2 Å². The van der Waals surface area contributed by atoms with Gasteiger partial charge >= 0.3 is 0 Å². The van der Waals surface area contributed by atoms with Crippen LogP contribution in [0.2, 0.25) is 10.0 Å². The predicted octanol–water partition coefficient (Wildman–Crippen LogP) is 6.49. The third-order valence-electron chi connectivity index (χ3n) is 7.14. The first-order valence-electron chi connectivity index (χ1n) is 10.5. The van der Waals surface area contributed by atoms with Crippen LogP contribution >= 0.6 is 23.2 Å². The number of hydrogen-bond acceptors (Lipinski definition) is 2. The number of nitrogens with one attached hydrogen (secondary N) is 1. The van der Waals surface area contributed by atoms with E-state index in [1.165, 1.54) is 37.7 Å². The maximum Gasteiger partial charge on any atom is 0.119 e. The highest BCUT2D eigenvalue weighted by Gasteiger charge is 2.47. The van der Waals surface area contributed by atoms with Gasteiger partial charge in [0, 0.05) is 28.2 Å². The molecule has 0 saturated heterocycles. The fraction of sp³-hybridized carbons (Fsp3) is 0.500. The third-order valence-corrected chi connectivity index (χ3v) is 7.85. The van der Waals surface area contributed by atoms with E-state index >= 15 is 0 Å². The molecule has 0 radical (unpaired) electrons. The highest BCUT2D eigenvalue weighted by atomic mass is 35.5. The second-order valence-corrected chi connectivity index (χ2v) is 9.78. The molecule has 4 fully saturated rings. The first kappa shape index (κ1) is 18.8. The van der Waals surface area contributed by atoms with Crippen molar-refractivity contribution in [2.45, 2.75) is 51.3 Å². The van der Waals surface area contributed by atoms with E-state index in [1.807, 2.05) is 30.3 Å². The number of benzene rings is 2. The Morgan fingerprint density at radius 2 is 1.43 bits per heavy atom. The fourth-order valence-electron chi connectivity index (χ4n) is 6.02. The minimum Gasteiger partial charge on any atom is -0.489 e. The number of ether oxygens (including phenoxy) is 1. The highest BCUT2D eigenvalue weighted by molar-refractivity contribution is 6.35. The van der Waals surface area contributed by atoms with Crippen LogP contribution in [0.25, 0.3) is 0 Å². The maximum absolute atomic E-state index is 6.22. The monoisotopic (exact) mass is 415 g/mol. The molecule has 4 aliphatic carbocycles. The van der Waals surface area contributed by atoms with E-state index in [9.17, 15) is 0 Å². The largest absolute Gasteiger partial charge is 0.489 e. The average Bonchev–Trinajstić information content (AvgIpc) is 2.67. The van der Waals surface area contributed by atoms with Gasteiger partial charge in [0.15, 0.2) is 0 Å². The fourth-order valence-corrected chi connectivity index (χ4v) is 6.53. The number of halogens is 2. The Hall–Kier alpha value is -1.22. The second kappa shape index (κ2) is 7.89. The molecule has 0 amide bonds. The van der Waals surface area contributed by atoms with Crippen molar-refractivity contribution >= 4 is 23.2 Å². The van der Waals surface area contributed by atoms with Gasteiger partial charge < -0.3 is 10.1 Å². The number of hydrogen-bond donors (Lipinski definition) is 1. The van der Waals surface area contributed by atoms with Crippen molar-refractivity contribution in [1.29, 1.82) is 0 Å². The van der Waals surface area contributed by atoms with Crippen molar-refractivity contribution in [3.63, 3.8) is 0 Å². The summed E-state index contributed by atoms with van der Waals surface area (Å²) in [7, 11) is 0. The van der Waals surface area contributed by atoms with Crippen molar-refractivity contribution in [2.75, 3.05) is 0 Å². The summed E-state index contributed by atoms with van der Waals surface area (Å²) in [6, 6.07) is 14.7. The molecule has 2 aromatic rings. The Balaban J connectivity index is 1.16. The second-order valence-electron chi connectivity index (χ2n) is 8.97. The van der Waals surface area contributed by atoms with E-state index in [0.29, 0.717) is 16.7 Å². The summed E-state index contributed by atoms with van der Waals surface area (Å²) in [5.41, 5.74) is 2.15. The Kier molecular flexibility index (Phi) is 5.30. The molecule has 0 atom stereocenters. The molecule has 4 heteroatoms. The van der Waals surface area contributed by atoms with Crippen LogP contribution in [0.1, 0.15) is 43.2 Å². The van der Waals surface area contributed by atoms with Crippen molar-refractivity contribution < 1.29 is 4.74 Å². The lowest BCUT2D eigenvalue weighted by Gasteiger charge is -2.54. The third kappa shape index (κ3) is 3.79. The highest BCUT2D eigenvalue weighted by Crippen LogP contribution is 2.53. The Labute approximate surface area is 177 Å². The van der Waals surface area contributed by atoms with Crippen LogP contribution < -0.4 is 10.1 Å². The summed E-state index contributed by atoms with van der Waals surface area (Å²) in [5.74, 6) is 4.74. The topological polar surface area (TPSA) is 21.3 Å². The van der Waals surface area contributed by atoms with Gasteiger partial charge in [-0.15, -0.1) is 0 Å². The lowest BCUT2D eigenvalue weighted by Crippen LogP contribution is -2.54. The minimum absolute atomic E-state index is 0.379. The van der Waals surface area contributed by atoms with E-state index in [-0.39, 0.29) is 0 Å². The van der Waals surface area contributed by atoms with E-state index in [2.05, 4.69) is 17.4 Å². The predicted molar refractivity (Wildman–Crippen MR) is 115 cm³/mol. The molecule has 148 valence electrons. The van der Waals surface area contributed by atoms with Crippen LogP contribution in [0.3, 0.4) is 0 Å². The molecule has 6 rings (SSSR count). The van der Waals surface area contributed by atoms with Gasteiger partial charge in [-0.05, 0) is 85.6 Å². The zero-order chi connectivity index (χ0) is 19.1. The minimum atomic E-state index is 0.379. The average molecular weight is 416 g/mol. The van der Waals surface area contributed by atoms with Crippen LogP contribution in [-0.4, -0.2) is 6.04 Å². The van der Waals surface area contributed by atoms with Gasteiger partial charge in [0.25, 0.3) is 0 Å². The zero-order valence-corrected chi connectivity index (χ0v) is 17.6. The van der Waals surface area contributed by atoms with Gasteiger partial charge in [-0.25, -0.2) is 0 Å². The van der Waals surface area contributed by atoms with E-state index in [1.54, 1.807) is 0 Å². The summed E-state index contributed by atoms with van der Waals surface area (Å²) in [4.78, 5) is 0. The van der Waals surface area contributed by atoms with Gasteiger partial charge in [0.05, 0.1) is 0 Å². The first-order chi connectivity index (χ1) is 13.7. The molecular formula is C24H27Cl2NO. The smallest absolute Gasteiger partial charge is 0.119 e. The van der Waals surface area contributed by atoms with Gasteiger partial charge in [0.1, 0.15) is 12.4 Å². The Morgan fingerprint density at radius 3 is 2.04 bits per heavy atom. The summed E-state index contributed by atoms with van der Waals surface area (Å²) < 4.78 is 5.89. The van der Waals surface area contributed by atoms with Crippen molar-refractivity contribution in [3.8, 4) is 5.75 Å². The van der Waals surface area contributed by atoms with Gasteiger partial charge in [0.2, 0.25) is 0 Å². The summed E-state index contributed by atoms with van der Waals surface area (Å²) in [6.07, 6.45) is 7.36. The molecule has 2 nitrogen and oxygen atoms in total.